The molecule has 1 fully saturated rings. The Morgan fingerprint density at radius 3 is 2.44 bits per heavy atom. The highest BCUT2D eigenvalue weighted by molar-refractivity contribution is 5.92. The second-order valence-electron chi connectivity index (χ2n) is 8.41. The van der Waals surface area contributed by atoms with E-state index in [0.717, 1.165) is 10.2 Å². The van der Waals surface area contributed by atoms with Gasteiger partial charge in [0.2, 0.25) is 0 Å². The molecule has 0 radical (unpaired) electrons. The number of carboxylic acid groups (broad SMARTS) is 1. The van der Waals surface area contributed by atoms with Gasteiger partial charge in [0.1, 0.15) is 13.2 Å². The highest BCUT2D eigenvalue weighted by Gasteiger charge is 2.30. The van der Waals surface area contributed by atoms with E-state index >= 15 is 0 Å². The third-order valence-corrected chi connectivity index (χ3v) is 5.80. The van der Waals surface area contributed by atoms with Crippen LogP contribution in [0.5, 0.6) is 0 Å². The Bertz CT molecular complexity index is 1210. The average Bonchev–Trinajstić information content (AvgIpc) is 3.18. The van der Waals surface area contributed by atoms with Crippen molar-refractivity contribution in [1.82, 2.24) is 14.7 Å². The van der Waals surface area contributed by atoms with Crippen molar-refractivity contribution in [1.29, 1.82) is 0 Å². The van der Waals surface area contributed by atoms with E-state index < -0.39 is 24.8 Å². The fourth-order valence-electron chi connectivity index (χ4n) is 4.03. The van der Waals surface area contributed by atoms with Crippen molar-refractivity contribution in [3.05, 3.63) is 54.1 Å². The maximum Gasteiger partial charge on any atom is 0.410 e. The molecule has 3 aromatic rings. The standard InChI is InChI=1S/C24H26F3N5O4/c25-24(26,27)16-32-20-14-18(6-7-19(20)22(29-32)28-9-8-21(33)34)30-10-12-31(13-11-30)23(35)36-15-17-4-2-1-3-5-17/h1-7,14H,8-13,15-16H2,(H,28,29)(H,33,34). The van der Waals surface area contributed by atoms with Gasteiger partial charge in [-0.2, -0.15) is 18.3 Å². The molecule has 0 atom stereocenters. The van der Waals surface area contributed by atoms with E-state index in [1.54, 1.807) is 23.1 Å². The Morgan fingerprint density at radius 1 is 1.06 bits per heavy atom. The molecule has 12 heteroatoms. The van der Waals surface area contributed by atoms with E-state index in [-0.39, 0.29) is 30.9 Å². The highest BCUT2D eigenvalue weighted by Crippen LogP contribution is 2.30. The number of ether oxygens (including phenoxy) is 1. The number of amides is 1. The lowest BCUT2D eigenvalue weighted by atomic mass is 10.2. The van der Waals surface area contributed by atoms with Crippen LogP contribution in [0.25, 0.3) is 10.9 Å². The molecule has 0 unspecified atom stereocenters. The zero-order chi connectivity index (χ0) is 25.7. The van der Waals surface area contributed by atoms with Crippen LogP contribution in [0.1, 0.15) is 12.0 Å². The molecular weight excluding hydrogens is 479 g/mol. The molecule has 0 bridgehead atoms. The summed E-state index contributed by atoms with van der Waals surface area (Å²) in [5, 5.41) is 16.2. The topological polar surface area (TPSA) is 99.9 Å². The van der Waals surface area contributed by atoms with E-state index in [9.17, 15) is 22.8 Å². The quantitative estimate of drug-likeness (QED) is 0.478. The van der Waals surface area contributed by atoms with E-state index in [1.807, 2.05) is 35.2 Å². The minimum absolute atomic E-state index is 0.0392. The molecule has 1 aromatic heterocycles. The van der Waals surface area contributed by atoms with Gasteiger partial charge in [-0.05, 0) is 23.8 Å². The van der Waals surface area contributed by atoms with E-state index in [0.29, 0.717) is 37.3 Å². The molecule has 4 rings (SSSR count). The highest BCUT2D eigenvalue weighted by atomic mass is 19.4. The van der Waals surface area contributed by atoms with Gasteiger partial charge < -0.3 is 25.0 Å². The lowest BCUT2D eigenvalue weighted by molar-refractivity contribution is -0.141. The Balaban J connectivity index is 1.43. The van der Waals surface area contributed by atoms with Crippen LogP contribution in [-0.4, -0.2) is 70.7 Å². The van der Waals surface area contributed by atoms with Crippen molar-refractivity contribution in [3.63, 3.8) is 0 Å². The van der Waals surface area contributed by atoms with Crippen LogP contribution in [-0.2, 0) is 22.7 Å². The molecule has 36 heavy (non-hydrogen) atoms. The first kappa shape index (κ1) is 25.1. The summed E-state index contributed by atoms with van der Waals surface area (Å²) in [6.07, 6.45) is -5.07. The summed E-state index contributed by atoms with van der Waals surface area (Å²) < 4.78 is 45.7. The molecule has 0 saturated carbocycles. The molecule has 2 N–H and O–H groups in total. The van der Waals surface area contributed by atoms with Gasteiger partial charge in [-0.15, -0.1) is 0 Å². The molecule has 2 aromatic carbocycles. The lowest BCUT2D eigenvalue weighted by Crippen LogP contribution is -2.48. The number of aromatic nitrogens is 2. The smallest absolute Gasteiger partial charge is 0.410 e. The van der Waals surface area contributed by atoms with Gasteiger partial charge in [-0.1, -0.05) is 30.3 Å². The first-order chi connectivity index (χ1) is 17.2. The summed E-state index contributed by atoms with van der Waals surface area (Å²) in [5.41, 5.74) is 1.89. The number of hydrogen-bond donors (Lipinski definition) is 2. The van der Waals surface area contributed by atoms with Crippen LogP contribution < -0.4 is 10.2 Å². The number of halogens is 3. The summed E-state index contributed by atoms with van der Waals surface area (Å²) in [6.45, 7) is 0.756. The minimum Gasteiger partial charge on any atom is -0.481 e. The number of carboxylic acids is 1. The number of fused-ring (bicyclic) bond motifs is 1. The van der Waals surface area contributed by atoms with Gasteiger partial charge in [-0.25, -0.2) is 4.79 Å². The number of hydrogen-bond acceptors (Lipinski definition) is 6. The summed E-state index contributed by atoms with van der Waals surface area (Å²) in [6, 6.07) is 14.5. The first-order valence-corrected chi connectivity index (χ1v) is 11.4. The molecule has 2 heterocycles. The summed E-state index contributed by atoms with van der Waals surface area (Å²) in [7, 11) is 0. The first-order valence-electron chi connectivity index (χ1n) is 11.4. The van der Waals surface area contributed by atoms with E-state index in [4.69, 9.17) is 9.84 Å². The number of nitrogens with one attached hydrogen (secondary N) is 1. The van der Waals surface area contributed by atoms with Crippen LogP contribution >= 0.6 is 0 Å². The number of aliphatic carboxylic acids is 1. The van der Waals surface area contributed by atoms with Gasteiger partial charge in [0, 0.05) is 43.8 Å². The summed E-state index contributed by atoms with van der Waals surface area (Å²) >= 11 is 0. The fraction of sp³-hybridized carbons (Fsp3) is 0.375. The van der Waals surface area contributed by atoms with Crippen molar-refractivity contribution in [3.8, 4) is 0 Å². The Hall–Kier alpha value is -3.96. The summed E-state index contributed by atoms with van der Waals surface area (Å²) in [4.78, 5) is 26.8. The third kappa shape index (κ3) is 6.37. The number of piperazine rings is 1. The van der Waals surface area contributed by atoms with Crippen LogP contribution in [0.2, 0.25) is 0 Å². The fourth-order valence-corrected chi connectivity index (χ4v) is 4.03. The Kier molecular flexibility index (Phi) is 7.51. The van der Waals surface area contributed by atoms with Crippen molar-refractivity contribution >= 4 is 34.5 Å². The molecule has 1 amide bonds. The summed E-state index contributed by atoms with van der Waals surface area (Å²) in [5.74, 6) is -0.820. The maximum absolute atomic E-state index is 13.2. The monoisotopic (exact) mass is 505 g/mol. The number of anilines is 2. The van der Waals surface area contributed by atoms with Gasteiger partial charge in [0.25, 0.3) is 0 Å². The van der Waals surface area contributed by atoms with E-state index in [1.165, 1.54) is 0 Å². The van der Waals surface area contributed by atoms with Crippen LogP contribution in [0.15, 0.2) is 48.5 Å². The lowest BCUT2D eigenvalue weighted by Gasteiger charge is -2.35. The number of nitrogens with zero attached hydrogens (tertiary/aromatic N) is 4. The molecule has 0 spiro atoms. The third-order valence-electron chi connectivity index (χ3n) is 5.80. The second kappa shape index (κ2) is 10.8. The van der Waals surface area contributed by atoms with Crippen LogP contribution in [0.3, 0.4) is 0 Å². The molecule has 192 valence electrons. The molecule has 0 aliphatic carbocycles. The Labute approximate surface area is 205 Å². The molecule has 1 saturated heterocycles. The molecular formula is C24H26F3N5O4. The van der Waals surface area contributed by atoms with Gasteiger partial charge in [0.05, 0.1) is 11.9 Å². The van der Waals surface area contributed by atoms with E-state index in [2.05, 4.69) is 10.4 Å². The molecule has 1 aliphatic rings. The van der Waals surface area contributed by atoms with Gasteiger partial charge in [0.15, 0.2) is 5.82 Å². The SMILES string of the molecule is O=C(O)CCNc1nn(CC(F)(F)F)c2cc(N3CCN(C(=O)OCc4ccccc4)CC3)ccc12. The van der Waals surface area contributed by atoms with Crippen molar-refractivity contribution in [2.75, 3.05) is 42.9 Å². The largest absolute Gasteiger partial charge is 0.481 e. The van der Waals surface area contributed by atoms with Crippen molar-refractivity contribution in [2.24, 2.45) is 0 Å². The predicted octanol–water partition coefficient (Wildman–Crippen LogP) is 3.94. The normalized spacial score (nSPS) is 14.2. The predicted molar refractivity (Wildman–Crippen MR) is 127 cm³/mol. The van der Waals surface area contributed by atoms with Crippen LogP contribution in [0, 0.1) is 0 Å². The van der Waals surface area contributed by atoms with Gasteiger partial charge in [-0.3, -0.25) is 9.48 Å². The molecule has 1 aliphatic heterocycles. The number of carbonyl (C=O) groups excluding carboxylic acids is 1. The van der Waals surface area contributed by atoms with Crippen molar-refractivity contribution in [2.45, 2.75) is 25.7 Å². The number of carbonyl (C=O) groups is 2. The number of benzene rings is 2. The van der Waals surface area contributed by atoms with Crippen LogP contribution in [0.4, 0.5) is 29.5 Å². The van der Waals surface area contributed by atoms with Gasteiger partial charge >= 0.3 is 18.2 Å². The number of alkyl halides is 3. The minimum atomic E-state index is -4.47. The average molecular weight is 505 g/mol. The molecule has 9 nitrogen and oxygen atoms in total. The zero-order valence-electron chi connectivity index (χ0n) is 19.4. The van der Waals surface area contributed by atoms with Crippen molar-refractivity contribution < 1.29 is 32.6 Å². The zero-order valence-corrected chi connectivity index (χ0v) is 19.4. The maximum atomic E-state index is 13.2. The number of rotatable bonds is 8. The second-order valence-corrected chi connectivity index (χ2v) is 8.41. The Morgan fingerprint density at radius 2 is 1.78 bits per heavy atom.